The lowest BCUT2D eigenvalue weighted by atomic mass is 9.89. The summed E-state index contributed by atoms with van der Waals surface area (Å²) in [6.07, 6.45) is 3.12. The number of sulfonamides is 1. The van der Waals surface area contributed by atoms with E-state index >= 15 is 0 Å². The largest absolute Gasteiger partial charge is 0.396 e. The number of nitrogens with one attached hydrogen (secondary N) is 3. The number of aliphatic hydroxyl groups excluding tert-OH is 1. The zero-order valence-electron chi connectivity index (χ0n) is 42.3. The molecule has 17 nitrogen and oxygen atoms in total. The summed E-state index contributed by atoms with van der Waals surface area (Å²) in [6, 6.07) is 4.18. The maximum atomic E-state index is 14.5. The molecule has 18 heteroatoms. The van der Waals surface area contributed by atoms with E-state index in [1.165, 1.54) is 14.2 Å². The Morgan fingerprint density at radius 1 is 0.821 bits per heavy atom. The number of hydrogen-bond acceptors (Lipinski definition) is 12. The van der Waals surface area contributed by atoms with E-state index in [4.69, 9.17) is 9.47 Å². The molecule has 2 saturated heterocycles. The van der Waals surface area contributed by atoms with E-state index in [9.17, 15) is 37.5 Å². The molecule has 5 amide bonds. The molecule has 2 aliphatic heterocycles. The summed E-state index contributed by atoms with van der Waals surface area (Å²) in [7, 11) is 4.49. The van der Waals surface area contributed by atoms with Crippen molar-refractivity contribution >= 4 is 45.2 Å². The molecule has 67 heavy (non-hydrogen) atoms. The lowest BCUT2D eigenvalue weighted by molar-refractivity contribution is -0.148. The fourth-order valence-electron chi connectivity index (χ4n) is 10.0. The van der Waals surface area contributed by atoms with Crippen LogP contribution in [0.4, 0.5) is 5.69 Å². The molecular weight excluding hydrogens is 879 g/mol. The zero-order chi connectivity index (χ0) is 49.9. The Labute approximate surface area is 400 Å². The molecule has 3 aliphatic rings. The van der Waals surface area contributed by atoms with Crippen LogP contribution in [0.5, 0.6) is 0 Å². The maximum Gasteiger partial charge on any atom is 0.256 e. The Morgan fingerprint density at radius 2 is 1.45 bits per heavy atom. The monoisotopic (exact) mass is 962 g/mol. The van der Waals surface area contributed by atoms with Gasteiger partial charge in [0.05, 0.1) is 47.9 Å². The summed E-state index contributed by atoms with van der Waals surface area (Å²) in [5.74, 6) is -2.92. The van der Waals surface area contributed by atoms with E-state index in [2.05, 4.69) is 20.3 Å². The summed E-state index contributed by atoms with van der Waals surface area (Å²) in [6.45, 7) is 15.7. The second-order valence-corrected chi connectivity index (χ2v) is 22.2. The molecule has 0 aromatic heterocycles. The van der Waals surface area contributed by atoms with Crippen LogP contribution in [-0.2, 0) is 49.9 Å². The quantitative estimate of drug-likeness (QED) is 0.112. The Hall–Kier alpha value is -3.84. The van der Waals surface area contributed by atoms with Crippen LogP contribution in [-0.4, -0.2) is 167 Å². The normalized spacial score (nSPS) is 20.7. The van der Waals surface area contributed by atoms with Gasteiger partial charge in [0.25, 0.3) is 5.91 Å². The second kappa shape index (κ2) is 25.1. The number of amides is 5. The lowest BCUT2D eigenvalue weighted by Gasteiger charge is -2.41. The average molecular weight is 962 g/mol. The van der Waals surface area contributed by atoms with Gasteiger partial charge in [0.15, 0.2) is 0 Å². The Kier molecular flexibility index (Phi) is 20.9. The molecule has 1 aromatic carbocycles. The van der Waals surface area contributed by atoms with Gasteiger partial charge in [0, 0.05) is 59.6 Å². The molecule has 9 atom stereocenters. The predicted octanol–water partition coefficient (Wildman–Crippen LogP) is 3.18. The smallest absolute Gasteiger partial charge is 0.256 e. The van der Waals surface area contributed by atoms with Crippen molar-refractivity contribution in [3.8, 4) is 0 Å². The molecule has 9 unspecified atom stereocenters. The number of likely N-dealkylation sites (tertiary alicyclic amines) is 1. The van der Waals surface area contributed by atoms with Crippen LogP contribution in [0.15, 0.2) is 24.3 Å². The number of likely N-dealkylation sites (N-methyl/N-ethyl adjacent to an activating group) is 2. The Bertz CT molecular complexity index is 1900. The topological polar surface area (TPSA) is 207 Å². The molecule has 1 saturated carbocycles. The lowest BCUT2D eigenvalue weighted by Crippen LogP contribution is -2.59. The number of nitrogens with zero attached hydrogens (tertiary/aromatic N) is 4. The number of rotatable bonds is 25. The number of hydrogen-bond donors (Lipinski definition) is 4. The van der Waals surface area contributed by atoms with Crippen molar-refractivity contribution < 1.29 is 47.0 Å². The molecule has 3 fully saturated rings. The van der Waals surface area contributed by atoms with Crippen LogP contribution in [0.2, 0.25) is 0 Å². The first kappa shape index (κ1) is 55.8. The van der Waals surface area contributed by atoms with E-state index in [-0.39, 0.29) is 54.9 Å². The van der Waals surface area contributed by atoms with Crippen molar-refractivity contribution in [1.29, 1.82) is 0 Å². The first-order valence-corrected chi connectivity index (χ1v) is 26.0. The van der Waals surface area contributed by atoms with Crippen molar-refractivity contribution in [1.82, 2.24) is 30.1 Å². The highest BCUT2D eigenvalue weighted by Crippen LogP contribution is 2.31. The first-order valence-electron chi connectivity index (χ1n) is 24.5. The van der Waals surface area contributed by atoms with Crippen LogP contribution in [0.1, 0.15) is 105 Å². The number of carbonyl (C=O) groups is 5. The average Bonchev–Trinajstić information content (AvgIpc) is 4.05. The molecule has 4 N–H and O–H groups in total. The molecular formula is C49H83N7O10S. The van der Waals surface area contributed by atoms with Gasteiger partial charge in [0.2, 0.25) is 33.7 Å². The van der Waals surface area contributed by atoms with Gasteiger partial charge in [-0.1, -0.05) is 67.0 Å². The summed E-state index contributed by atoms with van der Waals surface area (Å²) in [4.78, 5) is 77.7. The van der Waals surface area contributed by atoms with Crippen LogP contribution in [0.3, 0.4) is 0 Å². The van der Waals surface area contributed by atoms with E-state index in [0.717, 1.165) is 37.2 Å². The van der Waals surface area contributed by atoms with Gasteiger partial charge in [-0.15, -0.1) is 0 Å². The second-order valence-electron chi connectivity index (χ2n) is 20.2. The van der Waals surface area contributed by atoms with Gasteiger partial charge in [0.1, 0.15) is 12.1 Å². The first-order chi connectivity index (χ1) is 31.6. The number of methoxy groups -OCH3 is 2. The summed E-state index contributed by atoms with van der Waals surface area (Å²) in [5.41, 5.74) is 1.73. The third-order valence-corrected chi connectivity index (χ3v) is 16.2. The van der Waals surface area contributed by atoms with Crippen molar-refractivity contribution in [2.75, 3.05) is 66.5 Å². The van der Waals surface area contributed by atoms with E-state index < -0.39 is 75.4 Å². The van der Waals surface area contributed by atoms with E-state index in [1.54, 1.807) is 23.8 Å². The van der Waals surface area contributed by atoms with Gasteiger partial charge >= 0.3 is 0 Å². The molecule has 1 aromatic rings. The van der Waals surface area contributed by atoms with E-state index in [1.807, 2.05) is 84.8 Å². The van der Waals surface area contributed by atoms with Crippen molar-refractivity contribution in [2.24, 2.45) is 29.6 Å². The highest BCUT2D eigenvalue weighted by atomic mass is 32.2. The molecule has 0 spiro atoms. The highest BCUT2D eigenvalue weighted by molar-refractivity contribution is 7.90. The van der Waals surface area contributed by atoms with Crippen molar-refractivity contribution in [3.05, 3.63) is 29.8 Å². The molecule has 0 bridgehead atoms. The molecule has 380 valence electrons. The Balaban J connectivity index is 1.50. The van der Waals surface area contributed by atoms with Gasteiger partial charge in [-0.3, -0.25) is 33.6 Å². The fraction of sp³-hybridized carbons (Fsp3) is 0.776. The number of benzene rings is 1. The molecule has 0 radical (unpaired) electrons. The SMILES string of the molecule is CCC(C)C(C(CC(=O)N1CCCC1C(OC)C(C)C(=O)NC(Cc1ccc(N2CCC(CO)CC2)cc1)C(=O)NS(=O)(=O)C1CC1)OC)N(C)C(=O)C(NC(=O)C(C(C)C)N(C)C)C(C)C. The summed E-state index contributed by atoms with van der Waals surface area (Å²) < 4.78 is 40.1. The van der Waals surface area contributed by atoms with Gasteiger partial charge in [-0.25, -0.2) is 8.42 Å². The summed E-state index contributed by atoms with van der Waals surface area (Å²) >= 11 is 0. The maximum absolute atomic E-state index is 14.5. The highest BCUT2D eigenvalue weighted by Gasteiger charge is 2.44. The fourth-order valence-corrected chi connectivity index (χ4v) is 11.4. The van der Waals surface area contributed by atoms with Crippen LogP contribution >= 0.6 is 0 Å². The van der Waals surface area contributed by atoms with Gasteiger partial charge in [-0.05, 0) is 94.0 Å². The minimum absolute atomic E-state index is 0.0137. The predicted molar refractivity (Wildman–Crippen MR) is 259 cm³/mol. The third kappa shape index (κ3) is 14.6. The minimum Gasteiger partial charge on any atom is -0.396 e. The number of ether oxygens (including phenoxy) is 2. The van der Waals surface area contributed by atoms with Crippen LogP contribution in [0.25, 0.3) is 0 Å². The van der Waals surface area contributed by atoms with E-state index in [0.29, 0.717) is 44.6 Å². The summed E-state index contributed by atoms with van der Waals surface area (Å²) in [5, 5.41) is 14.8. The number of carbonyl (C=O) groups excluding carboxylic acids is 5. The molecule has 4 rings (SSSR count). The van der Waals surface area contributed by atoms with Crippen molar-refractivity contribution in [2.45, 2.75) is 154 Å². The molecule has 2 heterocycles. The van der Waals surface area contributed by atoms with Crippen LogP contribution < -0.4 is 20.3 Å². The minimum atomic E-state index is -3.91. The van der Waals surface area contributed by atoms with Gasteiger partial charge < -0.3 is 39.9 Å². The Morgan fingerprint density at radius 3 is 1.96 bits per heavy atom. The van der Waals surface area contributed by atoms with Crippen LogP contribution in [0, 0.1) is 29.6 Å². The number of piperidine rings is 1. The number of aliphatic hydroxyl groups is 1. The standard InChI is InChI=1S/C49H83N7O10S/c1-13-32(6)44(54(10)49(62)42(30(2)3)51-48(61)43(31(4)5)53(8)9)40(65-11)28-41(58)56-24-14-15-39(56)45(66-12)33(7)46(59)50-38(47(60)52-67(63,64)37-20-21-37)27-34-16-18-36(19-17-34)55-25-22-35(29-57)23-26-55/h16-19,30-33,35,37-40,42-45,57H,13-15,20-29H2,1-12H3,(H,50,59)(H,51,61)(H,52,60). The third-order valence-electron chi connectivity index (χ3n) is 14.4. The van der Waals surface area contributed by atoms with Gasteiger partial charge in [-0.2, -0.15) is 0 Å². The zero-order valence-corrected chi connectivity index (χ0v) is 43.1. The number of anilines is 1. The molecule has 1 aliphatic carbocycles. The van der Waals surface area contributed by atoms with Crippen molar-refractivity contribution in [3.63, 3.8) is 0 Å².